The van der Waals surface area contributed by atoms with Gasteiger partial charge in [-0.3, -0.25) is 4.79 Å². The van der Waals surface area contributed by atoms with E-state index in [9.17, 15) is 13.6 Å². The van der Waals surface area contributed by atoms with Crippen LogP contribution in [0.3, 0.4) is 0 Å². The predicted octanol–water partition coefficient (Wildman–Crippen LogP) is 4.91. The summed E-state index contributed by atoms with van der Waals surface area (Å²) in [4.78, 5) is 12.3. The Morgan fingerprint density at radius 1 is 1.14 bits per heavy atom. The van der Waals surface area contributed by atoms with Crippen LogP contribution >= 0.6 is 11.3 Å². The number of hydrogen-bond donors (Lipinski definition) is 0. The maximum absolute atomic E-state index is 14.0. The number of carbonyl (C=O) groups excluding carboxylic acids is 1. The topological polar surface area (TPSA) is 17.1 Å². The maximum atomic E-state index is 14.0. The summed E-state index contributed by atoms with van der Waals surface area (Å²) >= 11 is 1.52. The predicted molar refractivity (Wildman–Crippen MR) is 81.0 cm³/mol. The Bertz CT molecular complexity index is 836. The third kappa shape index (κ3) is 2.47. The number of fused-ring (bicyclic) bond motifs is 1. The molecule has 1 nitrogen and oxygen atoms in total. The second kappa shape index (κ2) is 5.37. The fourth-order valence-electron chi connectivity index (χ4n) is 2.34. The van der Waals surface area contributed by atoms with Crippen LogP contribution in [0.1, 0.15) is 21.5 Å². The number of thiophene rings is 1. The van der Waals surface area contributed by atoms with E-state index in [2.05, 4.69) is 0 Å². The van der Waals surface area contributed by atoms with Gasteiger partial charge in [0, 0.05) is 11.1 Å². The molecule has 0 bridgehead atoms. The molecule has 0 N–H and O–H groups in total. The summed E-state index contributed by atoms with van der Waals surface area (Å²) < 4.78 is 28.8. The average Bonchev–Trinajstić information content (AvgIpc) is 2.87. The van der Waals surface area contributed by atoms with Gasteiger partial charge < -0.3 is 0 Å². The minimum atomic E-state index is -0.803. The van der Waals surface area contributed by atoms with Crippen molar-refractivity contribution < 1.29 is 13.6 Å². The van der Waals surface area contributed by atoms with Crippen molar-refractivity contribution in [1.29, 1.82) is 0 Å². The molecule has 0 saturated carbocycles. The van der Waals surface area contributed by atoms with Crippen molar-refractivity contribution in [3.8, 4) is 0 Å². The summed E-state index contributed by atoms with van der Waals surface area (Å²) in [6.07, 6.45) is 0.00130. The van der Waals surface area contributed by atoms with E-state index < -0.39 is 23.0 Å². The number of carbonyl (C=O) groups is 1. The Balaban J connectivity index is 1.99. The highest BCUT2D eigenvalue weighted by Crippen LogP contribution is 2.27. The van der Waals surface area contributed by atoms with E-state index in [-0.39, 0.29) is 12.0 Å². The van der Waals surface area contributed by atoms with Gasteiger partial charge in [-0.2, -0.15) is 0 Å². The lowest BCUT2D eigenvalue weighted by Gasteiger charge is -2.06. The van der Waals surface area contributed by atoms with Crippen molar-refractivity contribution >= 4 is 27.2 Å². The lowest BCUT2D eigenvalue weighted by atomic mass is 10.00. The van der Waals surface area contributed by atoms with Crippen LogP contribution in [-0.4, -0.2) is 5.78 Å². The lowest BCUT2D eigenvalue weighted by molar-refractivity contribution is 0.0985. The van der Waals surface area contributed by atoms with Crippen molar-refractivity contribution in [2.24, 2.45) is 0 Å². The second-order valence-corrected chi connectivity index (χ2v) is 5.82. The molecule has 0 spiro atoms. The van der Waals surface area contributed by atoms with Gasteiger partial charge in [0.2, 0.25) is 0 Å². The van der Waals surface area contributed by atoms with Gasteiger partial charge in [0.05, 0.1) is 5.56 Å². The van der Waals surface area contributed by atoms with Gasteiger partial charge in [0.15, 0.2) is 5.78 Å². The molecule has 4 heteroatoms. The molecule has 0 unspecified atom stereocenters. The molecule has 3 aromatic rings. The van der Waals surface area contributed by atoms with Crippen molar-refractivity contribution in [3.63, 3.8) is 0 Å². The van der Waals surface area contributed by atoms with Gasteiger partial charge in [0.1, 0.15) is 11.6 Å². The highest BCUT2D eigenvalue weighted by molar-refractivity contribution is 7.17. The molecule has 0 aliphatic rings. The van der Waals surface area contributed by atoms with Gasteiger partial charge in [-0.05, 0) is 40.9 Å². The average molecular weight is 302 g/mol. The first-order chi connectivity index (χ1) is 10.1. The molecule has 106 valence electrons. The van der Waals surface area contributed by atoms with Gasteiger partial charge >= 0.3 is 0 Å². The molecule has 0 radical (unpaired) electrons. The zero-order chi connectivity index (χ0) is 15.0. The zero-order valence-corrected chi connectivity index (χ0v) is 12.1. The van der Waals surface area contributed by atoms with Crippen LogP contribution in [-0.2, 0) is 6.42 Å². The van der Waals surface area contributed by atoms with Crippen molar-refractivity contribution in [1.82, 2.24) is 0 Å². The van der Waals surface area contributed by atoms with Crippen LogP contribution < -0.4 is 0 Å². The second-order valence-electron chi connectivity index (χ2n) is 4.91. The Hall–Kier alpha value is -2.07. The first-order valence-corrected chi connectivity index (χ1v) is 7.39. The standard InChI is InChI=1S/C17H12F2OS/c1-10-6-7-13(18)16(17(10)19)14(20)8-11-9-21-15-5-3-2-4-12(11)15/h2-7,9H,8H2,1H3. The van der Waals surface area contributed by atoms with Gasteiger partial charge in [0.25, 0.3) is 0 Å². The van der Waals surface area contributed by atoms with Crippen LogP contribution in [0, 0.1) is 18.6 Å². The molecule has 3 rings (SSSR count). The first kappa shape index (κ1) is 13.9. The molecular formula is C17H12F2OS. The Morgan fingerprint density at radius 3 is 2.71 bits per heavy atom. The molecule has 1 heterocycles. The van der Waals surface area contributed by atoms with E-state index in [4.69, 9.17) is 0 Å². The molecule has 21 heavy (non-hydrogen) atoms. The van der Waals surface area contributed by atoms with E-state index in [1.165, 1.54) is 24.3 Å². The molecule has 0 amide bonds. The number of aryl methyl sites for hydroxylation is 1. The number of rotatable bonds is 3. The zero-order valence-electron chi connectivity index (χ0n) is 11.3. The first-order valence-electron chi connectivity index (χ1n) is 6.51. The third-order valence-electron chi connectivity index (χ3n) is 3.48. The van der Waals surface area contributed by atoms with Crippen LogP contribution in [0.2, 0.25) is 0 Å². The molecule has 0 aliphatic heterocycles. The summed E-state index contributed by atoms with van der Waals surface area (Å²) in [7, 11) is 0. The van der Waals surface area contributed by atoms with E-state index in [0.717, 1.165) is 21.7 Å². The molecule has 1 aromatic heterocycles. The summed E-state index contributed by atoms with van der Waals surface area (Å²) in [6.45, 7) is 1.52. The fraction of sp³-hybridized carbons (Fsp3) is 0.118. The van der Waals surface area contributed by atoms with Crippen molar-refractivity contribution in [2.75, 3.05) is 0 Å². The summed E-state index contributed by atoms with van der Waals surface area (Å²) in [5, 5.41) is 2.83. The van der Waals surface area contributed by atoms with Crippen LogP contribution in [0.25, 0.3) is 10.1 Å². The largest absolute Gasteiger partial charge is 0.294 e. The van der Waals surface area contributed by atoms with Gasteiger partial charge in [-0.15, -0.1) is 11.3 Å². The van der Waals surface area contributed by atoms with E-state index >= 15 is 0 Å². The third-order valence-corrected chi connectivity index (χ3v) is 4.49. The number of hydrogen-bond acceptors (Lipinski definition) is 2. The lowest BCUT2D eigenvalue weighted by Crippen LogP contribution is -2.10. The van der Waals surface area contributed by atoms with Gasteiger partial charge in [-0.25, -0.2) is 8.78 Å². The van der Waals surface area contributed by atoms with Crippen LogP contribution in [0.4, 0.5) is 8.78 Å². The summed E-state index contributed by atoms with van der Waals surface area (Å²) in [5.41, 5.74) is 0.640. The highest BCUT2D eigenvalue weighted by Gasteiger charge is 2.20. The SMILES string of the molecule is Cc1ccc(F)c(C(=O)Cc2csc3ccccc23)c1F. The monoisotopic (exact) mass is 302 g/mol. The highest BCUT2D eigenvalue weighted by atomic mass is 32.1. The maximum Gasteiger partial charge on any atom is 0.173 e. The fourth-order valence-corrected chi connectivity index (χ4v) is 3.31. The molecule has 0 aliphatic carbocycles. The van der Waals surface area contributed by atoms with Crippen molar-refractivity contribution in [2.45, 2.75) is 13.3 Å². The van der Waals surface area contributed by atoms with E-state index in [0.29, 0.717) is 0 Å². The quantitative estimate of drug-likeness (QED) is 0.628. The number of ketones is 1. The minimum absolute atomic E-state index is 0.00130. The molecule has 2 aromatic carbocycles. The van der Waals surface area contributed by atoms with Gasteiger partial charge in [-0.1, -0.05) is 24.3 Å². The molecule has 0 atom stereocenters. The molecule has 0 fully saturated rings. The smallest absolute Gasteiger partial charge is 0.173 e. The Morgan fingerprint density at radius 2 is 1.90 bits per heavy atom. The number of Topliss-reactive ketones (excluding diaryl/α,β-unsaturated/α-hetero) is 1. The number of benzene rings is 2. The van der Waals surface area contributed by atoms with E-state index in [1.54, 1.807) is 0 Å². The Kier molecular flexibility index (Phi) is 3.55. The number of halogens is 2. The summed E-state index contributed by atoms with van der Waals surface area (Å²) in [6, 6.07) is 10.2. The van der Waals surface area contributed by atoms with E-state index in [1.807, 2.05) is 29.6 Å². The Labute approximate surface area is 124 Å². The van der Waals surface area contributed by atoms with Crippen LogP contribution in [0.5, 0.6) is 0 Å². The molecule has 0 saturated heterocycles. The minimum Gasteiger partial charge on any atom is -0.294 e. The van der Waals surface area contributed by atoms with Crippen LogP contribution in [0.15, 0.2) is 41.8 Å². The normalized spacial score (nSPS) is 11.0. The summed E-state index contributed by atoms with van der Waals surface area (Å²) in [5.74, 6) is -2.10. The van der Waals surface area contributed by atoms with Crippen molar-refractivity contribution in [3.05, 3.63) is 70.1 Å². The molecular weight excluding hydrogens is 290 g/mol.